The van der Waals surface area contributed by atoms with Crippen LogP contribution in [0.2, 0.25) is 0 Å². The SMILES string of the molecule is CCOc1ccc([C@H]2Oc3ccc(Br)cc3[C@H]3CC(c4ccc(C)cc4)=NN32)cc1. The largest absolute Gasteiger partial charge is 0.494 e. The van der Waals surface area contributed by atoms with E-state index in [0.29, 0.717) is 6.61 Å². The molecular weight excluding hydrogens is 440 g/mol. The monoisotopic (exact) mass is 462 g/mol. The van der Waals surface area contributed by atoms with Crippen LogP contribution in [0.5, 0.6) is 11.5 Å². The molecule has 2 heterocycles. The van der Waals surface area contributed by atoms with Crippen LogP contribution in [0.1, 0.15) is 47.9 Å². The number of nitrogens with zero attached hydrogens (tertiary/aromatic N) is 2. The van der Waals surface area contributed by atoms with Crippen molar-refractivity contribution >= 4 is 21.6 Å². The van der Waals surface area contributed by atoms with Crippen molar-refractivity contribution in [3.05, 3.63) is 93.5 Å². The minimum atomic E-state index is -0.276. The van der Waals surface area contributed by atoms with Crippen molar-refractivity contribution in [2.45, 2.75) is 32.5 Å². The molecule has 5 heteroatoms. The van der Waals surface area contributed by atoms with Crippen molar-refractivity contribution in [2.75, 3.05) is 6.61 Å². The van der Waals surface area contributed by atoms with Crippen LogP contribution < -0.4 is 9.47 Å². The van der Waals surface area contributed by atoms with E-state index in [1.54, 1.807) is 0 Å². The van der Waals surface area contributed by atoms with E-state index < -0.39 is 0 Å². The highest BCUT2D eigenvalue weighted by atomic mass is 79.9. The summed E-state index contributed by atoms with van der Waals surface area (Å²) in [5, 5.41) is 7.14. The van der Waals surface area contributed by atoms with Gasteiger partial charge in [-0.2, -0.15) is 5.10 Å². The lowest BCUT2D eigenvalue weighted by Crippen LogP contribution is -2.33. The fourth-order valence-electron chi connectivity index (χ4n) is 4.09. The van der Waals surface area contributed by atoms with Crippen molar-refractivity contribution < 1.29 is 9.47 Å². The van der Waals surface area contributed by atoms with Crippen molar-refractivity contribution in [3.8, 4) is 11.5 Å². The summed E-state index contributed by atoms with van der Waals surface area (Å²) in [5.74, 6) is 1.78. The Bertz CT molecular complexity index is 1090. The van der Waals surface area contributed by atoms with Gasteiger partial charge in [0.05, 0.1) is 18.4 Å². The molecule has 0 N–H and O–H groups in total. The molecule has 0 spiro atoms. The number of hydrazone groups is 1. The number of hydrogen-bond donors (Lipinski definition) is 0. The molecule has 152 valence electrons. The lowest BCUT2D eigenvalue weighted by molar-refractivity contribution is -0.0191. The molecule has 0 radical (unpaired) electrons. The van der Waals surface area contributed by atoms with E-state index in [9.17, 15) is 0 Å². The topological polar surface area (TPSA) is 34.1 Å². The average Bonchev–Trinajstić information content (AvgIpc) is 3.20. The van der Waals surface area contributed by atoms with Gasteiger partial charge < -0.3 is 9.47 Å². The van der Waals surface area contributed by atoms with Crippen molar-refractivity contribution in [1.29, 1.82) is 0 Å². The molecule has 0 saturated heterocycles. The first-order valence-corrected chi connectivity index (χ1v) is 11.0. The van der Waals surface area contributed by atoms with Gasteiger partial charge >= 0.3 is 0 Å². The maximum absolute atomic E-state index is 6.45. The van der Waals surface area contributed by atoms with Crippen LogP contribution in [0, 0.1) is 6.92 Å². The molecule has 0 aromatic heterocycles. The minimum absolute atomic E-state index is 0.138. The Kier molecular flexibility index (Phi) is 4.99. The van der Waals surface area contributed by atoms with Crippen molar-refractivity contribution in [1.82, 2.24) is 5.01 Å². The second-order valence-corrected chi connectivity index (χ2v) is 8.58. The Balaban J connectivity index is 1.55. The van der Waals surface area contributed by atoms with E-state index >= 15 is 0 Å². The molecule has 0 unspecified atom stereocenters. The zero-order chi connectivity index (χ0) is 20.7. The fourth-order valence-corrected chi connectivity index (χ4v) is 4.47. The second-order valence-electron chi connectivity index (χ2n) is 7.67. The summed E-state index contributed by atoms with van der Waals surface area (Å²) in [6.07, 6.45) is 0.575. The first-order chi connectivity index (χ1) is 14.6. The normalized spacial score (nSPS) is 19.6. The molecule has 0 fully saturated rings. The van der Waals surface area contributed by atoms with Crippen LogP contribution in [0.3, 0.4) is 0 Å². The molecule has 30 heavy (non-hydrogen) atoms. The third kappa shape index (κ3) is 3.47. The van der Waals surface area contributed by atoms with Gasteiger partial charge in [-0.15, -0.1) is 0 Å². The molecular formula is C25H23BrN2O2. The molecule has 0 aliphatic carbocycles. The van der Waals surface area contributed by atoms with Gasteiger partial charge in [-0.25, -0.2) is 5.01 Å². The van der Waals surface area contributed by atoms with E-state index in [1.807, 2.05) is 31.2 Å². The predicted octanol–water partition coefficient (Wildman–Crippen LogP) is 6.40. The molecule has 0 saturated carbocycles. The Morgan fingerprint density at radius 2 is 1.83 bits per heavy atom. The summed E-state index contributed by atoms with van der Waals surface area (Å²) in [6, 6.07) is 23.1. The number of ether oxygens (including phenoxy) is 2. The molecule has 0 bridgehead atoms. The number of aryl methyl sites for hydroxylation is 1. The number of hydrogen-bond acceptors (Lipinski definition) is 4. The summed E-state index contributed by atoms with van der Waals surface area (Å²) < 4.78 is 13.1. The third-order valence-electron chi connectivity index (χ3n) is 5.61. The quantitative estimate of drug-likeness (QED) is 0.449. The standard InChI is InChI=1S/C25H23BrN2O2/c1-3-29-20-11-8-18(9-12-20)25-28-23(21-14-19(26)10-13-24(21)30-25)15-22(27-28)17-6-4-16(2)5-7-17/h4-14,23,25H,3,15H2,1-2H3/t23-,25-/m1/s1. The summed E-state index contributed by atoms with van der Waals surface area (Å²) in [7, 11) is 0. The Morgan fingerprint density at radius 3 is 2.57 bits per heavy atom. The average molecular weight is 463 g/mol. The summed E-state index contributed by atoms with van der Waals surface area (Å²) in [5.41, 5.74) is 5.73. The number of halogens is 1. The van der Waals surface area contributed by atoms with Gasteiger partial charge in [-0.05, 0) is 61.9 Å². The Labute approximate surface area is 185 Å². The molecule has 2 atom stereocenters. The van der Waals surface area contributed by atoms with Crippen LogP contribution in [-0.2, 0) is 0 Å². The number of benzene rings is 3. The first-order valence-electron chi connectivity index (χ1n) is 10.2. The Morgan fingerprint density at radius 1 is 1.07 bits per heavy atom. The van der Waals surface area contributed by atoms with E-state index in [-0.39, 0.29) is 12.3 Å². The molecule has 2 aliphatic heterocycles. The van der Waals surface area contributed by atoms with Gasteiger partial charge in [0.2, 0.25) is 6.23 Å². The van der Waals surface area contributed by atoms with E-state index in [4.69, 9.17) is 14.6 Å². The van der Waals surface area contributed by atoms with Gasteiger partial charge in [-0.3, -0.25) is 0 Å². The van der Waals surface area contributed by atoms with Crippen molar-refractivity contribution in [2.24, 2.45) is 5.10 Å². The second kappa shape index (κ2) is 7.80. The number of rotatable bonds is 4. The van der Waals surface area contributed by atoms with Crippen LogP contribution in [0.15, 0.2) is 76.3 Å². The van der Waals surface area contributed by atoms with E-state index in [0.717, 1.165) is 44.8 Å². The fraction of sp³-hybridized carbons (Fsp3) is 0.240. The van der Waals surface area contributed by atoms with Gasteiger partial charge in [0.1, 0.15) is 11.5 Å². The summed E-state index contributed by atoms with van der Waals surface area (Å²) in [4.78, 5) is 0. The highest BCUT2D eigenvalue weighted by Gasteiger charge is 2.41. The van der Waals surface area contributed by atoms with Crippen LogP contribution in [0.4, 0.5) is 0 Å². The lowest BCUT2D eigenvalue weighted by atomic mass is 9.95. The zero-order valence-electron chi connectivity index (χ0n) is 17.0. The Hall–Kier alpha value is -2.79. The highest BCUT2D eigenvalue weighted by molar-refractivity contribution is 9.10. The summed E-state index contributed by atoms with van der Waals surface area (Å²) in [6.45, 7) is 4.75. The molecule has 2 aliphatic rings. The maximum atomic E-state index is 6.45. The van der Waals surface area contributed by atoms with Crippen LogP contribution in [-0.4, -0.2) is 17.3 Å². The maximum Gasteiger partial charge on any atom is 0.213 e. The first kappa shape index (κ1) is 19.2. The van der Waals surface area contributed by atoms with Gasteiger partial charge in [0.25, 0.3) is 0 Å². The highest BCUT2D eigenvalue weighted by Crippen LogP contribution is 2.48. The molecule has 3 aromatic carbocycles. The smallest absolute Gasteiger partial charge is 0.213 e. The minimum Gasteiger partial charge on any atom is -0.494 e. The molecule has 0 amide bonds. The third-order valence-corrected chi connectivity index (χ3v) is 6.11. The number of fused-ring (bicyclic) bond motifs is 3. The van der Waals surface area contributed by atoms with Crippen molar-refractivity contribution in [3.63, 3.8) is 0 Å². The zero-order valence-corrected chi connectivity index (χ0v) is 18.6. The van der Waals surface area contributed by atoms with Gasteiger partial charge in [0, 0.05) is 22.0 Å². The molecule has 5 rings (SSSR count). The molecule has 3 aromatic rings. The van der Waals surface area contributed by atoms with Gasteiger partial charge in [-0.1, -0.05) is 45.8 Å². The van der Waals surface area contributed by atoms with Crippen LogP contribution >= 0.6 is 15.9 Å². The van der Waals surface area contributed by atoms with E-state index in [2.05, 4.69) is 70.3 Å². The predicted molar refractivity (Wildman–Crippen MR) is 122 cm³/mol. The molecule has 4 nitrogen and oxygen atoms in total. The van der Waals surface area contributed by atoms with Gasteiger partial charge in [0.15, 0.2) is 0 Å². The van der Waals surface area contributed by atoms with E-state index in [1.165, 1.54) is 5.56 Å². The van der Waals surface area contributed by atoms with Crippen LogP contribution in [0.25, 0.3) is 0 Å². The lowest BCUT2D eigenvalue weighted by Gasteiger charge is -2.38. The summed E-state index contributed by atoms with van der Waals surface area (Å²) >= 11 is 3.61.